The molecule has 2 aliphatic heterocycles. The molecule has 0 spiro atoms. The van der Waals surface area contributed by atoms with Crippen LogP contribution in [0, 0.1) is 6.92 Å². The van der Waals surface area contributed by atoms with Gasteiger partial charge in [0.25, 0.3) is 0 Å². The lowest BCUT2D eigenvalue weighted by atomic mass is 10.0. The summed E-state index contributed by atoms with van der Waals surface area (Å²) in [5.74, 6) is 1.19. The number of amides is 1. The third kappa shape index (κ3) is 3.05. The van der Waals surface area contributed by atoms with Crippen LogP contribution < -0.4 is 4.74 Å². The molecular weight excluding hydrogens is 320 g/mol. The van der Waals surface area contributed by atoms with E-state index in [0.29, 0.717) is 6.42 Å². The maximum Gasteiger partial charge on any atom is 0.227 e. The molecule has 0 unspecified atom stereocenters. The lowest BCUT2D eigenvalue weighted by molar-refractivity contribution is -0.134. The van der Waals surface area contributed by atoms with Gasteiger partial charge in [0.05, 0.1) is 19.1 Å². The van der Waals surface area contributed by atoms with Gasteiger partial charge in [-0.25, -0.2) is 4.98 Å². The van der Waals surface area contributed by atoms with E-state index in [9.17, 15) is 4.79 Å². The summed E-state index contributed by atoms with van der Waals surface area (Å²) in [6, 6.07) is 6.31. The molecule has 1 atom stereocenters. The smallest absolute Gasteiger partial charge is 0.227 e. The van der Waals surface area contributed by atoms with Crippen LogP contribution in [-0.2, 0) is 17.6 Å². The van der Waals surface area contributed by atoms with E-state index in [2.05, 4.69) is 16.4 Å². The Hall–Kier alpha value is -1.88. The number of piperidine rings is 1. The predicted octanol–water partition coefficient (Wildman–Crippen LogP) is 3.68. The first-order chi connectivity index (χ1) is 11.7. The van der Waals surface area contributed by atoms with Gasteiger partial charge in [0.2, 0.25) is 5.91 Å². The zero-order valence-electron chi connectivity index (χ0n) is 14.0. The van der Waals surface area contributed by atoms with E-state index in [1.165, 1.54) is 12.0 Å². The van der Waals surface area contributed by atoms with Crippen molar-refractivity contribution in [2.45, 2.75) is 45.1 Å². The number of thiazole rings is 1. The quantitative estimate of drug-likeness (QED) is 0.854. The summed E-state index contributed by atoms with van der Waals surface area (Å²) in [4.78, 5) is 19.6. The number of carbonyl (C=O) groups is 1. The van der Waals surface area contributed by atoms with E-state index in [-0.39, 0.29) is 11.9 Å². The van der Waals surface area contributed by atoms with Crippen LogP contribution in [-0.4, -0.2) is 28.9 Å². The fourth-order valence-corrected chi connectivity index (χ4v) is 4.58. The van der Waals surface area contributed by atoms with E-state index >= 15 is 0 Å². The minimum atomic E-state index is 0.155. The van der Waals surface area contributed by atoms with Gasteiger partial charge in [0.1, 0.15) is 10.8 Å². The summed E-state index contributed by atoms with van der Waals surface area (Å²) in [7, 11) is 0. The summed E-state index contributed by atoms with van der Waals surface area (Å²) >= 11 is 1.68. The molecule has 0 saturated carbocycles. The molecule has 0 bridgehead atoms. The summed E-state index contributed by atoms with van der Waals surface area (Å²) < 4.78 is 5.55. The first-order valence-electron chi connectivity index (χ1n) is 8.67. The lowest BCUT2D eigenvalue weighted by Crippen LogP contribution is -2.39. The Morgan fingerprint density at radius 2 is 2.33 bits per heavy atom. The Balaban J connectivity index is 1.51. The van der Waals surface area contributed by atoms with Crippen LogP contribution in [0.3, 0.4) is 0 Å². The van der Waals surface area contributed by atoms with E-state index in [1.54, 1.807) is 11.3 Å². The van der Waals surface area contributed by atoms with Gasteiger partial charge in [-0.2, -0.15) is 0 Å². The maximum atomic E-state index is 12.9. The van der Waals surface area contributed by atoms with Crippen LogP contribution in [0.15, 0.2) is 23.6 Å². The van der Waals surface area contributed by atoms with Crippen LogP contribution in [0.5, 0.6) is 5.75 Å². The predicted molar refractivity (Wildman–Crippen MR) is 94.5 cm³/mol. The van der Waals surface area contributed by atoms with Crippen LogP contribution in [0.4, 0.5) is 0 Å². The number of benzene rings is 1. The molecule has 2 aliphatic rings. The second-order valence-corrected chi connectivity index (χ2v) is 7.53. The van der Waals surface area contributed by atoms with Gasteiger partial charge in [-0.15, -0.1) is 11.3 Å². The average Bonchev–Trinajstić information content (AvgIpc) is 3.23. The van der Waals surface area contributed by atoms with Crippen LogP contribution >= 0.6 is 11.3 Å². The maximum absolute atomic E-state index is 12.9. The molecule has 1 amide bonds. The standard InChI is InChI=1S/C19H22N2O2S/c1-13-12-24-19(20-13)16-4-2-3-8-21(16)18(22)11-14-5-6-17-15(10-14)7-9-23-17/h5-6,10,12,16H,2-4,7-9,11H2,1H3/t16-/m1/s1. The van der Waals surface area contributed by atoms with E-state index in [0.717, 1.165) is 54.4 Å². The van der Waals surface area contributed by atoms with Crippen LogP contribution in [0.1, 0.15) is 47.1 Å². The number of aromatic nitrogens is 1. The SMILES string of the molecule is Cc1csc([C@H]2CCCCN2C(=O)Cc2ccc3c(c2)CCO3)n1. The Bertz CT molecular complexity index is 756. The van der Waals surface area contributed by atoms with Gasteiger partial charge in [-0.1, -0.05) is 12.1 Å². The van der Waals surface area contributed by atoms with Gasteiger partial charge >= 0.3 is 0 Å². The molecule has 24 heavy (non-hydrogen) atoms. The van der Waals surface area contributed by atoms with Crippen LogP contribution in [0.2, 0.25) is 0 Å². The van der Waals surface area contributed by atoms with Crippen molar-refractivity contribution in [2.24, 2.45) is 0 Å². The number of hydrogen-bond acceptors (Lipinski definition) is 4. The lowest BCUT2D eigenvalue weighted by Gasteiger charge is -2.34. The van der Waals surface area contributed by atoms with Crippen molar-refractivity contribution >= 4 is 17.2 Å². The monoisotopic (exact) mass is 342 g/mol. The van der Waals surface area contributed by atoms with Crippen LogP contribution in [0.25, 0.3) is 0 Å². The number of likely N-dealkylation sites (tertiary alicyclic amines) is 1. The molecule has 0 radical (unpaired) electrons. The van der Waals surface area contributed by atoms with E-state index in [4.69, 9.17) is 4.74 Å². The van der Waals surface area contributed by atoms with Crippen molar-refractivity contribution in [1.82, 2.24) is 9.88 Å². The fraction of sp³-hybridized carbons (Fsp3) is 0.474. The number of ether oxygens (including phenoxy) is 1. The van der Waals surface area contributed by atoms with Gasteiger partial charge in [0, 0.05) is 24.0 Å². The minimum Gasteiger partial charge on any atom is -0.493 e. The Morgan fingerprint density at radius 3 is 3.17 bits per heavy atom. The summed E-state index contributed by atoms with van der Waals surface area (Å²) in [5, 5.41) is 3.16. The molecule has 2 aromatic rings. The highest BCUT2D eigenvalue weighted by Gasteiger charge is 2.30. The van der Waals surface area contributed by atoms with E-state index in [1.807, 2.05) is 24.0 Å². The number of hydrogen-bond donors (Lipinski definition) is 0. The van der Waals surface area contributed by atoms with Crippen molar-refractivity contribution in [3.8, 4) is 5.75 Å². The molecule has 0 N–H and O–H groups in total. The zero-order valence-corrected chi connectivity index (χ0v) is 14.8. The van der Waals surface area contributed by atoms with Gasteiger partial charge in [0.15, 0.2) is 0 Å². The second kappa shape index (κ2) is 6.55. The number of rotatable bonds is 3. The molecule has 0 aliphatic carbocycles. The van der Waals surface area contributed by atoms with Crippen molar-refractivity contribution in [2.75, 3.05) is 13.2 Å². The third-order valence-electron chi connectivity index (χ3n) is 4.85. The van der Waals surface area contributed by atoms with Crippen molar-refractivity contribution in [3.63, 3.8) is 0 Å². The summed E-state index contributed by atoms with van der Waals surface area (Å²) in [6.07, 6.45) is 4.70. The first-order valence-corrected chi connectivity index (χ1v) is 9.55. The highest BCUT2D eigenvalue weighted by atomic mass is 32.1. The van der Waals surface area contributed by atoms with Crippen molar-refractivity contribution in [1.29, 1.82) is 0 Å². The van der Waals surface area contributed by atoms with Gasteiger partial charge in [-0.05, 0) is 43.4 Å². The van der Waals surface area contributed by atoms with Crippen molar-refractivity contribution < 1.29 is 9.53 Å². The number of fused-ring (bicyclic) bond motifs is 1. The largest absolute Gasteiger partial charge is 0.493 e. The summed E-state index contributed by atoms with van der Waals surface area (Å²) in [6.45, 7) is 3.61. The molecule has 1 aromatic carbocycles. The Morgan fingerprint density at radius 1 is 1.42 bits per heavy atom. The van der Waals surface area contributed by atoms with Gasteiger partial charge in [-0.3, -0.25) is 4.79 Å². The highest BCUT2D eigenvalue weighted by molar-refractivity contribution is 7.09. The third-order valence-corrected chi connectivity index (χ3v) is 5.92. The molecule has 1 aromatic heterocycles. The average molecular weight is 342 g/mol. The molecule has 1 fully saturated rings. The van der Waals surface area contributed by atoms with Crippen molar-refractivity contribution in [3.05, 3.63) is 45.4 Å². The van der Waals surface area contributed by atoms with E-state index < -0.39 is 0 Å². The molecular formula is C19H22N2O2S. The Kier molecular flexibility index (Phi) is 4.27. The molecule has 5 heteroatoms. The van der Waals surface area contributed by atoms with Gasteiger partial charge < -0.3 is 9.64 Å². The minimum absolute atomic E-state index is 0.155. The first kappa shape index (κ1) is 15.6. The summed E-state index contributed by atoms with van der Waals surface area (Å²) in [5.41, 5.74) is 3.36. The Labute approximate surface area is 146 Å². The zero-order chi connectivity index (χ0) is 16.5. The fourth-order valence-electron chi connectivity index (χ4n) is 3.64. The molecule has 126 valence electrons. The molecule has 1 saturated heterocycles. The normalized spacial score (nSPS) is 19.9. The number of aryl methyl sites for hydroxylation is 1. The molecule has 4 rings (SSSR count). The number of carbonyl (C=O) groups excluding carboxylic acids is 1. The highest BCUT2D eigenvalue weighted by Crippen LogP contribution is 2.33. The topological polar surface area (TPSA) is 42.4 Å². The number of nitrogens with zero attached hydrogens (tertiary/aromatic N) is 2. The second-order valence-electron chi connectivity index (χ2n) is 6.64. The molecule has 4 nitrogen and oxygen atoms in total. The molecule has 3 heterocycles.